The van der Waals surface area contributed by atoms with Gasteiger partial charge in [0.15, 0.2) is 0 Å². The van der Waals surface area contributed by atoms with E-state index in [9.17, 15) is 4.79 Å². The molecule has 0 aromatic rings. The van der Waals surface area contributed by atoms with E-state index in [1.807, 2.05) is 6.92 Å². The van der Waals surface area contributed by atoms with Gasteiger partial charge in [-0.1, -0.05) is 6.42 Å². The van der Waals surface area contributed by atoms with Crippen LogP contribution in [-0.4, -0.2) is 31.0 Å². The predicted molar refractivity (Wildman–Crippen MR) is 61.1 cm³/mol. The summed E-state index contributed by atoms with van der Waals surface area (Å²) in [5.41, 5.74) is 0. The van der Waals surface area contributed by atoms with Crippen LogP contribution in [-0.2, 0) is 9.53 Å². The molecular formula is C11H20ClNO2. The highest BCUT2D eigenvalue weighted by atomic mass is 35.5. The summed E-state index contributed by atoms with van der Waals surface area (Å²) in [4.78, 5) is 11.3. The van der Waals surface area contributed by atoms with Crippen LogP contribution in [0.25, 0.3) is 0 Å². The lowest BCUT2D eigenvalue weighted by Crippen LogP contribution is -2.34. The SMILES string of the molecule is CCOCC(=O)NCC1CCCC(Cl)C1. The lowest BCUT2D eigenvalue weighted by atomic mass is 9.89. The molecule has 2 unspecified atom stereocenters. The Bertz CT molecular complexity index is 199. The lowest BCUT2D eigenvalue weighted by Gasteiger charge is -2.25. The molecule has 3 nitrogen and oxygen atoms in total. The van der Waals surface area contributed by atoms with Crippen LogP contribution in [0.4, 0.5) is 0 Å². The van der Waals surface area contributed by atoms with Gasteiger partial charge in [-0.05, 0) is 32.1 Å². The number of carbonyl (C=O) groups is 1. The first kappa shape index (κ1) is 12.8. The van der Waals surface area contributed by atoms with E-state index >= 15 is 0 Å². The Morgan fingerprint density at radius 1 is 1.53 bits per heavy atom. The Morgan fingerprint density at radius 2 is 2.33 bits per heavy atom. The first-order valence-corrected chi connectivity index (χ1v) is 6.14. The van der Waals surface area contributed by atoms with Crippen LogP contribution >= 0.6 is 11.6 Å². The normalized spacial score (nSPS) is 26.3. The molecule has 1 fully saturated rings. The minimum Gasteiger partial charge on any atom is -0.372 e. The van der Waals surface area contributed by atoms with E-state index in [0.29, 0.717) is 17.9 Å². The summed E-state index contributed by atoms with van der Waals surface area (Å²) >= 11 is 6.07. The second kappa shape index (κ2) is 7.07. The largest absolute Gasteiger partial charge is 0.372 e. The standard InChI is InChI=1S/C11H20ClNO2/c1-2-15-8-11(14)13-7-9-4-3-5-10(12)6-9/h9-10H,2-8H2,1H3,(H,13,14). The molecule has 4 heteroatoms. The minimum absolute atomic E-state index is 0.0199. The second-order valence-corrected chi connectivity index (χ2v) is 4.69. The smallest absolute Gasteiger partial charge is 0.246 e. The van der Waals surface area contributed by atoms with E-state index in [0.717, 1.165) is 19.4 Å². The van der Waals surface area contributed by atoms with Crippen molar-refractivity contribution in [2.75, 3.05) is 19.8 Å². The molecule has 0 bridgehead atoms. The van der Waals surface area contributed by atoms with Gasteiger partial charge in [0.05, 0.1) is 0 Å². The molecule has 15 heavy (non-hydrogen) atoms. The molecule has 0 aliphatic heterocycles. The maximum absolute atomic E-state index is 11.3. The number of ether oxygens (including phenoxy) is 1. The first-order chi connectivity index (χ1) is 7.22. The van der Waals surface area contributed by atoms with Crippen LogP contribution in [0.1, 0.15) is 32.6 Å². The highest BCUT2D eigenvalue weighted by Crippen LogP contribution is 2.27. The summed E-state index contributed by atoms with van der Waals surface area (Å²) < 4.78 is 5.02. The van der Waals surface area contributed by atoms with Gasteiger partial charge in [-0.3, -0.25) is 4.79 Å². The molecular weight excluding hydrogens is 214 g/mol. The molecule has 1 saturated carbocycles. The zero-order chi connectivity index (χ0) is 11.1. The predicted octanol–water partition coefficient (Wildman–Crippen LogP) is 1.94. The van der Waals surface area contributed by atoms with Crippen molar-refractivity contribution in [2.45, 2.75) is 38.0 Å². The maximum atomic E-state index is 11.3. The number of hydrogen-bond donors (Lipinski definition) is 1. The van der Waals surface area contributed by atoms with Crippen molar-refractivity contribution >= 4 is 17.5 Å². The Hall–Kier alpha value is -0.280. The molecule has 0 aromatic carbocycles. The van der Waals surface area contributed by atoms with Crippen LogP contribution in [0.2, 0.25) is 0 Å². The second-order valence-electron chi connectivity index (χ2n) is 4.07. The molecule has 0 saturated heterocycles. The van der Waals surface area contributed by atoms with Crippen molar-refractivity contribution in [3.63, 3.8) is 0 Å². The topological polar surface area (TPSA) is 38.3 Å². The van der Waals surface area contributed by atoms with Crippen molar-refractivity contribution in [3.05, 3.63) is 0 Å². The van der Waals surface area contributed by atoms with Gasteiger partial charge >= 0.3 is 0 Å². The van der Waals surface area contributed by atoms with E-state index < -0.39 is 0 Å². The lowest BCUT2D eigenvalue weighted by molar-refractivity contribution is -0.125. The van der Waals surface area contributed by atoms with Crippen molar-refractivity contribution in [1.29, 1.82) is 0 Å². The van der Waals surface area contributed by atoms with E-state index in [1.54, 1.807) is 0 Å². The Labute approximate surface area is 96.5 Å². The molecule has 0 heterocycles. The number of nitrogens with one attached hydrogen (secondary N) is 1. The zero-order valence-electron chi connectivity index (χ0n) is 9.30. The fraction of sp³-hybridized carbons (Fsp3) is 0.909. The maximum Gasteiger partial charge on any atom is 0.246 e. The summed E-state index contributed by atoms with van der Waals surface area (Å²) in [5.74, 6) is 0.528. The van der Waals surface area contributed by atoms with Crippen molar-refractivity contribution in [3.8, 4) is 0 Å². The highest BCUT2D eigenvalue weighted by Gasteiger charge is 2.20. The molecule has 88 valence electrons. The Morgan fingerprint density at radius 3 is 3.00 bits per heavy atom. The van der Waals surface area contributed by atoms with Crippen LogP contribution in [0.15, 0.2) is 0 Å². The van der Waals surface area contributed by atoms with Gasteiger partial charge in [0, 0.05) is 18.5 Å². The third-order valence-electron chi connectivity index (χ3n) is 2.74. The minimum atomic E-state index is -0.0199. The van der Waals surface area contributed by atoms with Crippen molar-refractivity contribution in [2.24, 2.45) is 5.92 Å². The Kier molecular flexibility index (Phi) is 6.03. The highest BCUT2D eigenvalue weighted by molar-refractivity contribution is 6.20. The summed E-state index contributed by atoms with van der Waals surface area (Å²) in [6.07, 6.45) is 4.50. The van der Waals surface area contributed by atoms with E-state index in [4.69, 9.17) is 16.3 Å². The number of carbonyl (C=O) groups excluding carboxylic acids is 1. The molecule has 1 rings (SSSR count). The number of amides is 1. The van der Waals surface area contributed by atoms with Gasteiger partial charge in [-0.25, -0.2) is 0 Å². The molecule has 1 N–H and O–H groups in total. The van der Waals surface area contributed by atoms with Gasteiger partial charge < -0.3 is 10.1 Å². The molecule has 2 atom stereocenters. The van der Waals surface area contributed by atoms with Crippen molar-refractivity contribution < 1.29 is 9.53 Å². The fourth-order valence-corrected chi connectivity index (χ4v) is 2.32. The molecule has 0 radical (unpaired) electrons. The van der Waals surface area contributed by atoms with Crippen LogP contribution < -0.4 is 5.32 Å². The summed E-state index contributed by atoms with van der Waals surface area (Å²) in [5, 5.41) is 3.18. The van der Waals surface area contributed by atoms with Gasteiger partial charge in [0.1, 0.15) is 6.61 Å². The summed E-state index contributed by atoms with van der Waals surface area (Å²) in [6.45, 7) is 3.38. The van der Waals surface area contributed by atoms with Gasteiger partial charge in [0.25, 0.3) is 0 Å². The van der Waals surface area contributed by atoms with Crippen LogP contribution in [0, 0.1) is 5.92 Å². The molecule has 0 spiro atoms. The van der Waals surface area contributed by atoms with Crippen LogP contribution in [0.5, 0.6) is 0 Å². The number of alkyl halides is 1. The monoisotopic (exact) mass is 233 g/mol. The fourth-order valence-electron chi connectivity index (χ4n) is 1.91. The Balaban J connectivity index is 2.10. The quantitative estimate of drug-likeness (QED) is 0.737. The average Bonchev–Trinajstić information content (AvgIpc) is 2.23. The number of halogens is 1. The third kappa shape index (κ3) is 5.38. The third-order valence-corrected chi connectivity index (χ3v) is 3.14. The van der Waals surface area contributed by atoms with E-state index in [2.05, 4.69) is 5.32 Å². The van der Waals surface area contributed by atoms with Gasteiger partial charge in [-0.2, -0.15) is 0 Å². The average molecular weight is 234 g/mol. The molecule has 1 aliphatic rings. The van der Waals surface area contributed by atoms with Gasteiger partial charge in [-0.15, -0.1) is 11.6 Å². The zero-order valence-corrected chi connectivity index (χ0v) is 10.1. The van der Waals surface area contributed by atoms with Gasteiger partial charge in [0.2, 0.25) is 5.91 Å². The number of hydrogen-bond acceptors (Lipinski definition) is 2. The van der Waals surface area contributed by atoms with Crippen molar-refractivity contribution in [1.82, 2.24) is 5.32 Å². The van der Waals surface area contributed by atoms with E-state index in [1.165, 1.54) is 12.8 Å². The molecule has 0 aromatic heterocycles. The summed E-state index contributed by atoms with van der Waals surface area (Å²) in [6, 6.07) is 0. The first-order valence-electron chi connectivity index (χ1n) is 5.71. The van der Waals surface area contributed by atoms with Crippen LogP contribution in [0.3, 0.4) is 0 Å². The summed E-state index contributed by atoms with van der Waals surface area (Å²) in [7, 11) is 0. The van der Waals surface area contributed by atoms with E-state index in [-0.39, 0.29) is 12.5 Å². The molecule has 1 aliphatic carbocycles. The number of rotatable bonds is 5. The molecule has 1 amide bonds.